The van der Waals surface area contributed by atoms with Gasteiger partial charge in [-0.05, 0) is 48.1 Å². The van der Waals surface area contributed by atoms with Crippen LogP contribution in [-0.2, 0) is 37.5 Å². The van der Waals surface area contributed by atoms with Crippen molar-refractivity contribution in [2.24, 2.45) is 11.8 Å². The van der Waals surface area contributed by atoms with Gasteiger partial charge in [-0.1, -0.05) is 51.1 Å². The molecule has 0 aliphatic rings. The lowest BCUT2D eigenvalue weighted by Crippen LogP contribution is -2.51. The van der Waals surface area contributed by atoms with Gasteiger partial charge in [0.2, 0.25) is 15.9 Å². The first kappa shape index (κ1) is 30.8. The molecule has 0 fully saturated rings. The number of ether oxygens (including phenoxy) is 1. The fourth-order valence-corrected chi connectivity index (χ4v) is 6.31. The molecule has 2 aromatic carbocycles. The topological polar surface area (TPSA) is 139 Å². The smallest absolute Gasteiger partial charge is 0.240 e. The molecule has 0 heterocycles. The molecule has 3 N–H and O–H groups in total. The van der Waals surface area contributed by atoms with E-state index in [4.69, 9.17) is 4.74 Å². The number of aliphatic hydroxyl groups excluding tert-OH is 1. The Bertz CT molecular complexity index is 1250. The van der Waals surface area contributed by atoms with Crippen LogP contribution in [-0.4, -0.2) is 65.7 Å². The molecule has 37 heavy (non-hydrogen) atoms. The first-order valence-corrected chi connectivity index (χ1v) is 15.6. The van der Waals surface area contributed by atoms with Crippen molar-refractivity contribution >= 4 is 25.8 Å². The normalized spacial score (nSPS) is 14.7. The number of hydrogen-bond acceptors (Lipinski definition) is 7. The minimum absolute atomic E-state index is 0.0969. The predicted octanol–water partition coefficient (Wildman–Crippen LogP) is 1.94. The number of nitrogens with one attached hydrogen (secondary N) is 2. The van der Waals surface area contributed by atoms with Crippen molar-refractivity contribution < 1.29 is 31.5 Å². The number of sulfonamides is 1. The first-order chi connectivity index (χ1) is 17.2. The summed E-state index contributed by atoms with van der Waals surface area (Å²) in [7, 11) is -5.87. The van der Waals surface area contributed by atoms with E-state index in [0.717, 1.165) is 11.8 Å². The van der Waals surface area contributed by atoms with Crippen molar-refractivity contribution in [3.8, 4) is 5.75 Å². The van der Waals surface area contributed by atoms with Gasteiger partial charge >= 0.3 is 0 Å². The van der Waals surface area contributed by atoms with Crippen molar-refractivity contribution in [3.63, 3.8) is 0 Å². The third kappa shape index (κ3) is 10.1. The number of carbonyl (C=O) groups excluding carboxylic acids is 1. The molecule has 0 spiro atoms. The van der Waals surface area contributed by atoms with Crippen LogP contribution in [0.15, 0.2) is 53.4 Å². The highest BCUT2D eigenvalue weighted by atomic mass is 32.2. The Kier molecular flexibility index (Phi) is 11.1. The van der Waals surface area contributed by atoms with Gasteiger partial charge < -0.3 is 15.2 Å². The Morgan fingerprint density at radius 2 is 1.65 bits per heavy atom. The second kappa shape index (κ2) is 13.4. The lowest BCUT2D eigenvalue weighted by Gasteiger charge is -2.26. The lowest BCUT2D eigenvalue weighted by atomic mass is 10.0. The largest absolute Gasteiger partial charge is 0.497 e. The van der Waals surface area contributed by atoms with Gasteiger partial charge in [0.15, 0.2) is 0 Å². The number of rotatable bonds is 14. The standard InChI is InChI=1S/C26H38N2O7S2/c1-18(2)13-21-15-22(35-4)11-12-25(21)37(33,34)27-16-24(29)23(14-20-9-7-6-8-10-20)28-26(30)19(3)17-36(5,31)32/h6-12,15,18-19,23-24,27,29H,13-14,16-17H2,1-5H3,(H,28,30). The Morgan fingerprint density at radius 1 is 1.00 bits per heavy atom. The van der Waals surface area contributed by atoms with Crippen LogP contribution in [0.5, 0.6) is 5.75 Å². The van der Waals surface area contributed by atoms with E-state index in [1.807, 2.05) is 44.2 Å². The van der Waals surface area contributed by atoms with Gasteiger partial charge in [0.1, 0.15) is 15.6 Å². The summed E-state index contributed by atoms with van der Waals surface area (Å²) in [6.45, 7) is 5.10. The third-order valence-corrected chi connectivity index (χ3v) is 8.39. The van der Waals surface area contributed by atoms with Crippen molar-refractivity contribution in [2.45, 2.75) is 50.7 Å². The number of hydrogen-bond donors (Lipinski definition) is 3. The van der Waals surface area contributed by atoms with E-state index in [9.17, 15) is 26.7 Å². The van der Waals surface area contributed by atoms with E-state index in [1.165, 1.54) is 20.1 Å². The number of aliphatic hydroxyl groups is 1. The average molecular weight is 555 g/mol. The van der Waals surface area contributed by atoms with Crippen LogP contribution in [0, 0.1) is 11.8 Å². The Morgan fingerprint density at radius 3 is 2.22 bits per heavy atom. The van der Waals surface area contributed by atoms with Gasteiger partial charge in [-0.15, -0.1) is 0 Å². The molecule has 0 aromatic heterocycles. The molecule has 0 saturated heterocycles. The van der Waals surface area contributed by atoms with Crippen LogP contribution < -0.4 is 14.8 Å². The molecular weight excluding hydrogens is 516 g/mol. The second-order valence-corrected chi connectivity index (χ2v) is 13.7. The predicted molar refractivity (Wildman–Crippen MR) is 144 cm³/mol. The molecule has 3 atom stereocenters. The molecule has 206 valence electrons. The summed E-state index contributed by atoms with van der Waals surface area (Å²) in [6.07, 6.45) is 0.508. The summed E-state index contributed by atoms with van der Waals surface area (Å²) in [6, 6.07) is 13.0. The number of amides is 1. The number of sulfone groups is 1. The van der Waals surface area contributed by atoms with E-state index in [-0.39, 0.29) is 29.5 Å². The zero-order valence-corrected chi connectivity index (χ0v) is 23.6. The van der Waals surface area contributed by atoms with Crippen LogP contribution in [0.2, 0.25) is 0 Å². The van der Waals surface area contributed by atoms with E-state index < -0.39 is 43.8 Å². The lowest BCUT2D eigenvalue weighted by molar-refractivity contribution is -0.125. The monoisotopic (exact) mass is 554 g/mol. The maximum Gasteiger partial charge on any atom is 0.240 e. The molecule has 0 aliphatic carbocycles. The highest BCUT2D eigenvalue weighted by Gasteiger charge is 2.28. The maximum atomic E-state index is 13.2. The number of carbonyl (C=O) groups is 1. The Balaban J connectivity index is 2.23. The van der Waals surface area contributed by atoms with Crippen LogP contribution in [0.3, 0.4) is 0 Å². The van der Waals surface area contributed by atoms with E-state index in [1.54, 1.807) is 12.1 Å². The van der Waals surface area contributed by atoms with Crippen molar-refractivity contribution in [2.75, 3.05) is 25.7 Å². The zero-order chi connectivity index (χ0) is 27.8. The number of benzene rings is 2. The summed E-state index contributed by atoms with van der Waals surface area (Å²) >= 11 is 0. The molecule has 2 aromatic rings. The molecular formula is C26H38N2O7S2. The summed E-state index contributed by atoms with van der Waals surface area (Å²) in [5.74, 6) is -0.970. The highest BCUT2D eigenvalue weighted by molar-refractivity contribution is 7.90. The fraction of sp³-hybridized carbons (Fsp3) is 0.500. The number of methoxy groups -OCH3 is 1. The quantitative estimate of drug-likeness (QED) is 0.324. The van der Waals surface area contributed by atoms with Gasteiger partial charge in [-0.25, -0.2) is 21.6 Å². The van der Waals surface area contributed by atoms with Gasteiger partial charge in [-0.2, -0.15) is 0 Å². The molecule has 0 radical (unpaired) electrons. The summed E-state index contributed by atoms with van der Waals surface area (Å²) < 4.78 is 57.3. The average Bonchev–Trinajstić information content (AvgIpc) is 2.81. The molecule has 0 bridgehead atoms. The second-order valence-electron chi connectivity index (χ2n) is 9.79. The Hall–Kier alpha value is -2.47. The van der Waals surface area contributed by atoms with Crippen LogP contribution in [0.4, 0.5) is 0 Å². The van der Waals surface area contributed by atoms with Gasteiger partial charge in [0.05, 0.1) is 29.9 Å². The van der Waals surface area contributed by atoms with Gasteiger partial charge in [-0.3, -0.25) is 4.79 Å². The van der Waals surface area contributed by atoms with E-state index in [2.05, 4.69) is 10.0 Å². The summed E-state index contributed by atoms with van der Waals surface area (Å²) in [5, 5.41) is 13.7. The molecule has 1 amide bonds. The molecule has 11 heteroatoms. The van der Waals surface area contributed by atoms with Crippen molar-refractivity contribution in [1.82, 2.24) is 10.0 Å². The van der Waals surface area contributed by atoms with Crippen molar-refractivity contribution in [1.29, 1.82) is 0 Å². The van der Waals surface area contributed by atoms with E-state index >= 15 is 0 Å². The molecule has 0 aliphatic heterocycles. The maximum absolute atomic E-state index is 13.2. The first-order valence-electron chi connectivity index (χ1n) is 12.1. The van der Waals surface area contributed by atoms with Crippen LogP contribution in [0.1, 0.15) is 31.9 Å². The fourth-order valence-electron chi connectivity index (χ4n) is 3.97. The summed E-state index contributed by atoms with van der Waals surface area (Å²) in [5.41, 5.74) is 1.42. The van der Waals surface area contributed by atoms with Crippen molar-refractivity contribution in [3.05, 3.63) is 59.7 Å². The van der Waals surface area contributed by atoms with Crippen LogP contribution >= 0.6 is 0 Å². The molecule has 2 rings (SSSR count). The zero-order valence-electron chi connectivity index (χ0n) is 22.0. The molecule has 9 nitrogen and oxygen atoms in total. The van der Waals surface area contributed by atoms with E-state index in [0.29, 0.717) is 17.7 Å². The highest BCUT2D eigenvalue weighted by Crippen LogP contribution is 2.24. The minimum atomic E-state index is -3.99. The minimum Gasteiger partial charge on any atom is -0.497 e. The Labute approximate surface area is 220 Å². The SMILES string of the molecule is COc1ccc(S(=O)(=O)NCC(O)C(Cc2ccccc2)NC(=O)C(C)CS(C)(=O)=O)c(CC(C)C)c1. The molecule has 3 unspecified atom stereocenters. The third-order valence-electron chi connectivity index (χ3n) is 5.76. The van der Waals surface area contributed by atoms with Gasteiger partial charge in [0, 0.05) is 18.7 Å². The van der Waals surface area contributed by atoms with Crippen LogP contribution in [0.25, 0.3) is 0 Å². The van der Waals surface area contributed by atoms with Gasteiger partial charge in [0.25, 0.3) is 0 Å². The summed E-state index contributed by atoms with van der Waals surface area (Å²) in [4.78, 5) is 12.8. The molecule has 0 saturated carbocycles.